The highest BCUT2D eigenvalue weighted by Crippen LogP contribution is 2.40. The molecule has 1 N–H and O–H groups in total. The third-order valence-electron chi connectivity index (χ3n) is 6.89. The third kappa shape index (κ3) is 3.25. The Morgan fingerprint density at radius 3 is 2.56 bits per heavy atom. The molecule has 2 bridgehead atoms. The van der Waals surface area contributed by atoms with E-state index >= 15 is 0 Å². The lowest BCUT2D eigenvalue weighted by molar-refractivity contribution is 0.374. The SMILES string of the molecule is Cc1cc(N2CC3CC[C@@H](C2)C3Nc2nc3n(n2)CCN3c2ccc(F)c(F)c2)ncn1. The van der Waals surface area contributed by atoms with Crippen LogP contribution in [0.4, 0.5) is 32.2 Å². The molecule has 10 heteroatoms. The van der Waals surface area contributed by atoms with Crippen molar-refractivity contribution in [1.82, 2.24) is 24.7 Å². The average Bonchev–Trinajstić information content (AvgIpc) is 3.41. The molecule has 2 fully saturated rings. The van der Waals surface area contributed by atoms with Gasteiger partial charge in [-0.05, 0) is 43.7 Å². The average molecular weight is 438 g/mol. The fraction of sp³-hybridized carbons (Fsp3) is 0.455. The fourth-order valence-electron chi connectivity index (χ4n) is 5.34. The molecule has 3 aliphatic rings. The fourth-order valence-corrected chi connectivity index (χ4v) is 5.34. The smallest absolute Gasteiger partial charge is 0.244 e. The largest absolute Gasteiger partial charge is 0.356 e. The van der Waals surface area contributed by atoms with Gasteiger partial charge in [0.1, 0.15) is 12.1 Å². The van der Waals surface area contributed by atoms with Crippen LogP contribution in [0.1, 0.15) is 18.5 Å². The van der Waals surface area contributed by atoms with Crippen molar-refractivity contribution < 1.29 is 8.78 Å². The quantitative estimate of drug-likeness (QED) is 0.671. The predicted molar refractivity (Wildman–Crippen MR) is 116 cm³/mol. The summed E-state index contributed by atoms with van der Waals surface area (Å²) in [6.07, 6.45) is 3.96. The normalized spacial score (nSPS) is 24.2. The molecule has 2 aliphatic heterocycles. The molecule has 1 aromatic carbocycles. The lowest BCUT2D eigenvalue weighted by atomic mass is 9.92. The van der Waals surface area contributed by atoms with E-state index in [1.807, 2.05) is 22.6 Å². The maximum atomic E-state index is 13.7. The summed E-state index contributed by atoms with van der Waals surface area (Å²) in [7, 11) is 0. The van der Waals surface area contributed by atoms with E-state index in [2.05, 4.69) is 25.3 Å². The van der Waals surface area contributed by atoms with Gasteiger partial charge < -0.3 is 15.1 Å². The lowest BCUT2D eigenvalue weighted by Gasteiger charge is -2.38. The lowest BCUT2D eigenvalue weighted by Crippen LogP contribution is -2.48. The van der Waals surface area contributed by atoms with Gasteiger partial charge in [-0.1, -0.05) is 0 Å². The van der Waals surface area contributed by atoms with Crippen LogP contribution in [-0.2, 0) is 6.54 Å². The van der Waals surface area contributed by atoms with Crippen molar-refractivity contribution in [3.63, 3.8) is 0 Å². The summed E-state index contributed by atoms with van der Waals surface area (Å²) in [5.41, 5.74) is 1.56. The van der Waals surface area contributed by atoms with Gasteiger partial charge in [0.05, 0.1) is 6.54 Å². The van der Waals surface area contributed by atoms with Gasteiger partial charge in [0, 0.05) is 49.2 Å². The van der Waals surface area contributed by atoms with Crippen molar-refractivity contribution in [2.75, 3.05) is 34.8 Å². The minimum absolute atomic E-state index is 0.314. The number of aromatic nitrogens is 5. The molecule has 3 atom stereocenters. The number of benzene rings is 1. The first-order valence-corrected chi connectivity index (χ1v) is 11.0. The summed E-state index contributed by atoms with van der Waals surface area (Å²) < 4.78 is 28.9. The maximum Gasteiger partial charge on any atom is 0.244 e. The van der Waals surface area contributed by atoms with Crippen LogP contribution < -0.4 is 15.1 Å². The van der Waals surface area contributed by atoms with Crippen LogP contribution >= 0.6 is 0 Å². The van der Waals surface area contributed by atoms with Gasteiger partial charge in [-0.2, -0.15) is 4.98 Å². The Hall–Kier alpha value is -3.30. The molecule has 6 rings (SSSR count). The topological polar surface area (TPSA) is 75.0 Å². The minimum Gasteiger partial charge on any atom is -0.356 e. The molecule has 4 heterocycles. The van der Waals surface area contributed by atoms with Crippen LogP contribution in [0.25, 0.3) is 0 Å². The summed E-state index contributed by atoms with van der Waals surface area (Å²) in [5, 5.41) is 8.22. The van der Waals surface area contributed by atoms with Crippen molar-refractivity contribution in [1.29, 1.82) is 0 Å². The summed E-state index contributed by atoms with van der Waals surface area (Å²) >= 11 is 0. The molecule has 2 aromatic heterocycles. The molecule has 0 spiro atoms. The number of nitrogens with one attached hydrogen (secondary N) is 1. The van der Waals surface area contributed by atoms with Crippen molar-refractivity contribution in [3.8, 4) is 0 Å². The van der Waals surface area contributed by atoms with E-state index in [9.17, 15) is 8.78 Å². The van der Waals surface area contributed by atoms with Crippen LogP contribution in [-0.4, -0.2) is 50.4 Å². The van der Waals surface area contributed by atoms with Crippen LogP contribution in [0, 0.1) is 30.4 Å². The number of hydrogen-bond donors (Lipinski definition) is 1. The van der Waals surface area contributed by atoms with Gasteiger partial charge in [-0.3, -0.25) is 0 Å². The second kappa shape index (κ2) is 7.39. The number of fused-ring (bicyclic) bond motifs is 3. The van der Waals surface area contributed by atoms with Crippen molar-refractivity contribution in [3.05, 3.63) is 47.9 Å². The van der Waals surface area contributed by atoms with Crippen molar-refractivity contribution in [2.24, 2.45) is 11.8 Å². The highest BCUT2D eigenvalue weighted by molar-refractivity contribution is 5.60. The number of hydrogen-bond acceptors (Lipinski definition) is 7. The number of piperidine rings is 1. The van der Waals surface area contributed by atoms with E-state index in [1.165, 1.54) is 6.07 Å². The number of nitrogens with zero attached hydrogens (tertiary/aromatic N) is 7. The Balaban J connectivity index is 1.18. The zero-order valence-electron chi connectivity index (χ0n) is 17.7. The molecule has 8 nitrogen and oxygen atoms in total. The van der Waals surface area contributed by atoms with Gasteiger partial charge >= 0.3 is 0 Å². The summed E-state index contributed by atoms with van der Waals surface area (Å²) in [4.78, 5) is 17.6. The molecule has 166 valence electrons. The van der Waals surface area contributed by atoms with Crippen LogP contribution in [0.2, 0.25) is 0 Å². The molecule has 32 heavy (non-hydrogen) atoms. The first-order chi connectivity index (χ1) is 15.5. The molecule has 0 radical (unpaired) electrons. The first-order valence-electron chi connectivity index (χ1n) is 11.0. The molecule has 2 unspecified atom stereocenters. The molecule has 1 saturated carbocycles. The zero-order valence-corrected chi connectivity index (χ0v) is 17.7. The van der Waals surface area contributed by atoms with Gasteiger partial charge in [0.25, 0.3) is 0 Å². The zero-order chi connectivity index (χ0) is 21.8. The number of anilines is 4. The number of aryl methyl sites for hydroxylation is 1. The highest BCUT2D eigenvalue weighted by Gasteiger charge is 2.43. The van der Waals surface area contributed by atoms with Gasteiger partial charge in [0.2, 0.25) is 11.9 Å². The van der Waals surface area contributed by atoms with E-state index in [-0.39, 0.29) is 0 Å². The Bertz CT molecular complexity index is 1150. The number of halogens is 2. The second-order valence-corrected chi connectivity index (χ2v) is 8.90. The molecule has 3 aromatic rings. The molecule has 0 amide bonds. The molecular formula is C22H24F2N8. The highest BCUT2D eigenvalue weighted by atomic mass is 19.2. The van der Waals surface area contributed by atoms with E-state index < -0.39 is 11.6 Å². The summed E-state index contributed by atoms with van der Waals surface area (Å²) in [5.74, 6) is 1.51. The Morgan fingerprint density at radius 1 is 1.00 bits per heavy atom. The maximum absolute atomic E-state index is 13.7. The second-order valence-electron chi connectivity index (χ2n) is 8.90. The Kier molecular flexibility index (Phi) is 4.48. The van der Waals surface area contributed by atoms with Gasteiger partial charge in [-0.15, -0.1) is 5.10 Å². The van der Waals surface area contributed by atoms with Gasteiger partial charge in [-0.25, -0.2) is 23.4 Å². The van der Waals surface area contributed by atoms with Gasteiger partial charge in [0.15, 0.2) is 11.6 Å². The van der Waals surface area contributed by atoms with E-state index in [4.69, 9.17) is 4.98 Å². The van der Waals surface area contributed by atoms with Crippen molar-refractivity contribution in [2.45, 2.75) is 32.4 Å². The van der Waals surface area contributed by atoms with E-state index in [1.54, 1.807) is 12.4 Å². The monoisotopic (exact) mass is 438 g/mol. The predicted octanol–water partition coefficient (Wildman–Crippen LogP) is 3.13. The van der Waals surface area contributed by atoms with Crippen molar-refractivity contribution >= 4 is 23.4 Å². The van der Waals surface area contributed by atoms with Crippen LogP contribution in [0.5, 0.6) is 0 Å². The molecular weight excluding hydrogens is 414 g/mol. The Labute approximate surface area is 184 Å². The standard InChI is InChI=1S/C22H24F2N8/c1-13-8-19(26-12-25-13)30-10-14-2-3-15(11-30)20(14)27-21-28-22-31(6-7-32(22)29-21)16-4-5-17(23)18(24)9-16/h4-5,8-9,12,14-15,20H,2-3,6-7,10-11H2,1H3,(H,27,29)/t14-,15?,20?/m0/s1. The molecule has 1 aliphatic carbocycles. The van der Waals surface area contributed by atoms with E-state index in [0.29, 0.717) is 48.6 Å². The molecule has 1 saturated heterocycles. The first kappa shape index (κ1) is 19.4. The summed E-state index contributed by atoms with van der Waals surface area (Å²) in [6, 6.07) is 6.28. The minimum atomic E-state index is -0.860. The number of rotatable bonds is 4. The van der Waals surface area contributed by atoms with E-state index in [0.717, 1.165) is 43.5 Å². The Morgan fingerprint density at radius 2 is 1.81 bits per heavy atom. The third-order valence-corrected chi connectivity index (χ3v) is 6.89. The van der Waals surface area contributed by atoms with Crippen LogP contribution in [0.3, 0.4) is 0 Å². The van der Waals surface area contributed by atoms with Crippen LogP contribution in [0.15, 0.2) is 30.6 Å². The summed E-state index contributed by atoms with van der Waals surface area (Å²) in [6.45, 7) is 5.16.